The monoisotopic (exact) mass is 454 g/mol. The maximum Gasteiger partial charge on any atom is 0.270 e. The van der Waals surface area contributed by atoms with Gasteiger partial charge in [0.05, 0.1) is 4.92 Å². The number of nitrogens with zero attached hydrogens (tertiary/aromatic N) is 1. The number of aromatic amines is 1. The Bertz CT molecular complexity index is 1380. The number of hydrogen-bond donors (Lipinski definition) is 3. The number of hydrogen-bond acceptors (Lipinski definition) is 4. The molecule has 170 valence electrons. The highest BCUT2D eigenvalue weighted by molar-refractivity contribution is 6.05. The summed E-state index contributed by atoms with van der Waals surface area (Å²) >= 11 is 0. The molecule has 1 heterocycles. The molecule has 0 aliphatic rings. The maximum atomic E-state index is 13.0. The molecule has 0 fully saturated rings. The molecule has 0 radical (unpaired) electrons. The van der Waals surface area contributed by atoms with Gasteiger partial charge >= 0.3 is 0 Å². The fraction of sp³-hybridized carbons (Fsp3) is 0.0769. The molecule has 34 heavy (non-hydrogen) atoms. The van der Waals surface area contributed by atoms with Gasteiger partial charge in [0.2, 0.25) is 0 Å². The van der Waals surface area contributed by atoms with Gasteiger partial charge in [-0.05, 0) is 41.8 Å². The van der Waals surface area contributed by atoms with E-state index in [1.807, 2.05) is 30.5 Å². The van der Waals surface area contributed by atoms with E-state index < -0.39 is 16.7 Å². The molecule has 8 heteroatoms. The molecule has 0 aliphatic heterocycles. The van der Waals surface area contributed by atoms with Gasteiger partial charge in [-0.25, -0.2) is 0 Å². The SMILES string of the molecule is O=C(NCCc1c[nH]c2ccccc12)/C(=C/c1cccc([N+](=O)[O-])c1)NC(=O)c1ccccc1. The second kappa shape index (κ2) is 10.3. The second-order valence-corrected chi connectivity index (χ2v) is 7.60. The van der Waals surface area contributed by atoms with Crippen LogP contribution in [0.15, 0.2) is 90.8 Å². The standard InChI is InChI=1S/C26H22N4O4/c31-25(19-8-2-1-3-9-19)29-24(16-18-7-6-10-21(15-18)30(33)34)26(32)27-14-13-20-17-28-23-12-5-4-11-22(20)23/h1-12,15-17,28H,13-14H2,(H,27,32)(H,29,31)/b24-16-. The average molecular weight is 454 g/mol. The summed E-state index contributed by atoms with van der Waals surface area (Å²) < 4.78 is 0. The van der Waals surface area contributed by atoms with Crippen molar-refractivity contribution in [3.8, 4) is 0 Å². The molecule has 8 nitrogen and oxygen atoms in total. The number of nitrogens with one attached hydrogen (secondary N) is 3. The molecule has 0 unspecified atom stereocenters. The van der Waals surface area contributed by atoms with Crippen LogP contribution in [0.2, 0.25) is 0 Å². The Labute approximate surface area is 195 Å². The van der Waals surface area contributed by atoms with Crippen LogP contribution in [-0.4, -0.2) is 28.3 Å². The van der Waals surface area contributed by atoms with Crippen molar-refractivity contribution in [2.75, 3.05) is 6.54 Å². The van der Waals surface area contributed by atoms with Crippen molar-refractivity contribution in [3.63, 3.8) is 0 Å². The molecule has 3 N–H and O–H groups in total. The normalized spacial score (nSPS) is 11.2. The van der Waals surface area contributed by atoms with E-state index in [1.54, 1.807) is 36.4 Å². The van der Waals surface area contributed by atoms with Gasteiger partial charge in [-0.1, -0.05) is 48.5 Å². The third kappa shape index (κ3) is 5.36. The summed E-state index contributed by atoms with van der Waals surface area (Å²) in [6, 6.07) is 22.2. The largest absolute Gasteiger partial charge is 0.361 e. The topological polar surface area (TPSA) is 117 Å². The Hall–Kier alpha value is -4.72. The van der Waals surface area contributed by atoms with Gasteiger partial charge in [-0.3, -0.25) is 19.7 Å². The second-order valence-electron chi connectivity index (χ2n) is 7.60. The van der Waals surface area contributed by atoms with Crippen LogP contribution in [0.4, 0.5) is 5.69 Å². The first-order valence-corrected chi connectivity index (χ1v) is 10.7. The average Bonchev–Trinajstić information content (AvgIpc) is 3.27. The van der Waals surface area contributed by atoms with E-state index in [0.717, 1.165) is 16.5 Å². The van der Waals surface area contributed by atoms with Gasteiger partial charge in [0, 0.05) is 41.3 Å². The van der Waals surface area contributed by atoms with Gasteiger partial charge in [0.15, 0.2) is 0 Å². The highest BCUT2D eigenvalue weighted by Gasteiger charge is 2.15. The van der Waals surface area contributed by atoms with E-state index in [-0.39, 0.29) is 11.4 Å². The number of nitro groups is 1. The Morgan fingerprint density at radius 2 is 1.74 bits per heavy atom. The molecule has 0 atom stereocenters. The minimum atomic E-state index is -0.513. The van der Waals surface area contributed by atoms with Crippen molar-refractivity contribution in [1.82, 2.24) is 15.6 Å². The van der Waals surface area contributed by atoms with Gasteiger partial charge in [-0.15, -0.1) is 0 Å². The van der Waals surface area contributed by atoms with Gasteiger partial charge in [-0.2, -0.15) is 0 Å². The number of fused-ring (bicyclic) bond motifs is 1. The molecule has 1 aromatic heterocycles. The first-order chi connectivity index (χ1) is 16.5. The number of non-ortho nitro benzene ring substituents is 1. The van der Waals surface area contributed by atoms with Crippen LogP contribution in [0.25, 0.3) is 17.0 Å². The molecule has 0 saturated heterocycles. The maximum absolute atomic E-state index is 13.0. The predicted octanol–water partition coefficient (Wildman–Crippen LogP) is 4.21. The smallest absolute Gasteiger partial charge is 0.270 e. The lowest BCUT2D eigenvalue weighted by Gasteiger charge is -2.11. The van der Waals surface area contributed by atoms with Crippen LogP contribution in [0.3, 0.4) is 0 Å². The quantitative estimate of drug-likeness (QED) is 0.210. The van der Waals surface area contributed by atoms with Crippen molar-refractivity contribution in [2.45, 2.75) is 6.42 Å². The van der Waals surface area contributed by atoms with Crippen molar-refractivity contribution >= 4 is 34.5 Å². The number of rotatable bonds is 8. The van der Waals surface area contributed by atoms with Crippen LogP contribution < -0.4 is 10.6 Å². The van der Waals surface area contributed by atoms with Crippen molar-refractivity contribution in [3.05, 3.63) is 118 Å². The Balaban J connectivity index is 1.52. The Morgan fingerprint density at radius 1 is 0.971 bits per heavy atom. The minimum absolute atomic E-state index is 0.00622. The number of H-pyrrole nitrogens is 1. The third-order valence-corrected chi connectivity index (χ3v) is 5.28. The summed E-state index contributed by atoms with van der Waals surface area (Å²) in [7, 11) is 0. The van der Waals surface area contributed by atoms with E-state index in [0.29, 0.717) is 24.1 Å². The number of carbonyl (C=O) groups is 2. The van der Waals surface area contributed by atoms with E-state index in [2.05, 4.69) is 15.6 Å². The van der Waals surface area contributed by atoms with Crippen molar-refractivity contribution in [2.24, 2.45) is 0 Å². The third-order valence-electron chi connectivity index (χ3n) is 5.28. The molecule has 0 saturated carbocycles. The van der Waals surface area contributed by atoms with E-state index in [1.165, 1.54) is 24.3 Å². The molecule has 0 aliphatic carbocycles. The van der Waals surface area contributed by atoms with Crippen LogP contribution in [-0.2, 0) is 11.2 Å². The van der Waals surface area contributed by atoms with Crippen LogP contribution in [0.1, 0.15) is 21.5 Å². The summed E-state index contributed by atoms with van der Waals surface area (Å²) in [5.41, 5.74) is 2.78. The lowest BCUT2D eigenvalue weighted by atomic mass is 10.1. The highest BCUT2D eigenvalue weighted by atomic mass is 16.6. The Morgan fingerprint density at radius 3 is 2.53 bits per heavy atom. The predicted molar refractivity (Wildman–Crippen MR) is 130 cm³/mol. The molecule has 4 rings (SSSR count). The molecule has 2 amide bonds. The van der Waals surface area contributed by atoms with Crippen LogP contribution in [0.5, 0.6) is 0 Å². The first kappa shape index (κ1) is 22.5. The number of nitro benzene ring substituents is 1. The number of aromatic nitrogens is 1. The van der Waals surface area contributed by atoms with Crippen LogP contribution in [0, 0.1) is 10.1 Å². The first-order valence-electron chi connectivity index (χ1n) is 10.7. The molecule has 0 bridgehead atoms. The number of benzene rings is 3. The van der Waals surface area contributed by atoms with Crippen molar-refractivity contribution in [1.29, 1.82) is 0 Å². The van der Waals surface area contributed by atoms with E-state index in [9.17, 15) is 19.7 Å². The van der Waals surface area contributed by atoms with Gasteiger partial charge in [0.1, 0.15) is 5.70 Å². The number of amides is 2. The fourth-order valence-electron chi connectivity index (χ4n) is 3.58. The van der Waals surface area contributed by atoms with Crippen LogP contribution >= 0.6 is 0 Å². The summed E-state index contributed by atoms with van der Waals surface area (Å²) in [6.45, 7) is 0.341. The molecular formula is C26H22N4O4. The van der Waals surface area contributed by atoms with Gasteiger partial charge < -0.3 is 15.6 Å². The number of carbonyl (C=O) groups excluding carboxylic acids is 2. The number of para-hydroxylation sites is 1. The summed E-state index contributed by atoms with van der Waals surface area (Å²) in [5, 5.41) is 17.7. The minimum Gasteiger partial charge on any atom is -0.361 e. The Kier molecular flexibility index (Phi) is 6.78. The molecule has 0 spiro atoms. The van der Waals surface area contributed by atoms with Gasteiger partial charge in [0.25, 0.3) is 17.5 Å². The summed E-state index contributed by atoms with van der Waals surface area (Å²) in [6.07, 6.45) is 3.93. The zero-order valence-electron chi connectivity index (χ0n) is 18.2. The zero-order chi connectivity index (χ0) is 23.9. The zero-order valence-corrected chi connectivity index (χ0v) is 18.2. The van der Waals surface area contributed by atoms with E-state index >= 15 is 0 Å². The highest BCUT2D eigenvalue weighted by Crippen LogP contribution is 2.18. The summed E-state index contributed by atoms with van der Waals surface area (Å²) in [4.78, 5) is 39.5. The summed E-state index contributed by atoms with van der Waals surface area (Å²) in [5.74, 6) is -0.945. The lowest BCUT2D eigenvalue weighted by Crippen LogP contribution is -2.35. The lowest BCUT2D eigenvalue weighted by molar-refractivity contribution is -0.384. The fourth-order valence-corrected chi connectivity index (χ4v) is 3.58. The van der Waals surface area contributed by atoms with Crippen molar-refractivity contribution < 1.29 is 14.5 Å². The molecular weight excluding hydrogens is 432 g/mol. The molecule has 3 aromatic carbocycles. The molecule has 4 aromatic rings. The van der Waals surface area contributed by atoms with E-state index in [4.69, 9.17) is 0 Å².